The molecule has 1 aromatic carbocycles. The number of aromatic nitrogens is 2. The van der Waals surface area contributed by atoms with Gasteiger partial charge in [-0.15, -0.1) is 5.10 Å². The molecular formula is C18H19ClF2N4O2. The van der Waals surface area contributed by atoms with Crippen molar-refractivity contribution in [1.29, 1.82) is 0 Å². The Kier molecular flexibility index (Phi) is 4.33. The maximum Gasteiger partial charge on any atom is 0.316 e. The van der Waals surface area contributed by atoms with Crippen molar-refractivity contribution < 1.29 is 18.0 Å². The first-order valence-electron chi connectivity index (χ1n) is 8.86. The highest BCUT2D eigenvalue weighted by Gasteiger charge is 2.73. The topological polar surface area (TPSA) is 71.3 Å². The first kappa shape index (κ1) is 18.2. The normalized spacial score (nSPS) is 24.2. The maximum absolute atomic E-state index is 13.6. The molecule has 1 saturated carbocycles. The van der Waals surface area contributed by atoms with Crippen LogP contribution in [0.3, 0.4) is 0 Å². The summed E-state index contributed by atoms with van der Waals surface area (Å²) in [6.07, 6.45) is 0.697. The van der Waals surface area contributed by atoms with Gasteiger partial charge in [0.25, 0.3) is 5.92 Å². The lowest BCUT2D eigenvalue weighted by Crippen LogP contribution is -2.42. The predicted molar refractivity (Wildman–Crippen MR) is 95.6 cm³/mol. The molecule has 2 aromatic rings. The third-order valence-electron chi connectivity index (χ3n) is 5.40. The minimum atomic E-state index is -2.64. The smallest absolute Gasteiger partial charge is 0.316 e. The van der Waals surface area contributed by atoms with E-state index in [1.54, 1.807) is 24.3 Å². The van der Waals surface area contributed by atoms with Gasteiger partial charge in [0.1, 0.15) is 6.04 Å². The molecule has 27 heavy (non-hydrogen) atoms. The number of carbonyl (C=O) groups is 1. The first-order chi connectivity index (χ1) is 12.8. The van der Waals surface area contributed by atoms with Gasteiger partial charge in [0, 0.05) is 30.1 Å². The van der Waals surface area contributed by atoms with Crippen molar-refractivity contribution in [2.24, 2.45) is 5.41 Å². The molecule has 1 amide bonds. The van der Waals surface area contributed by atoms with Gasteiger partial charge in [-0.2, -0.15) is 0 Å². The Morgan fingerprint density at radius 2 is 2.07 bits per heavy atom. The molecule has 1 N–H and O–H groups in total. The Labute approximate surface area is 159 Å². The van der Waals surface area contributed by atoms with E-state index >= 15 is 0 Å². The van der Waals surface area contributed by atoms with Gasteiger partial charge in [-0.1, -0.05) is 23.6 Å². The zero-order valence-corrected chi connectivity index (χ0v) is 15.5. The first-order valence-corrected chi connectivity index (χ1v) is 9.24. The van der Waals surface area contributed by atoms with E-state index in [1.807, 2.05) is 6.92 Å². The summed E-state index contributed by atoms with van der Waals surface area (Å²) in [4.78, 5) is 14.2. The van der Waals surface area contributed by atoms with Crippen LogP contribution in [-0.4, -0.2) is 46.1 Å². The van der Waals surface area contributed by atoms with Crippen molar-refractivity contribution in [3.05, 3.63) is 29.3 Å². The lowest BCUT2D eigenvalue weighted by Gasteiger charge is -2.22. The van der Waals surface area contributed by atoms with E-state index in [2.05, 4.69) is 15.5 Å². The fourth-order valence-corrected chi connectivity index (χ4v) is 3.71. The highest BCUT2D eigenvalue weighted by Crippen LogP contribution is 2.65. The summed E-state index contributed by atoms with van der Waals surface area (Å²) in [6.45, 7) is 2.30. The summed E-state index contributed by atoms with van der Waals surface area (Å²) in [5.74, 6) is -2.56. The maximum atomic E-state index is 13.6. The third-order valence-corrected chi connectivity index (χ3v) is 5.65. The van der Waals surface area contributed by atoms with Crippen molar-refractivity contribution in [3.8, 4) is 11.5 Å². The number of amides is 1. The van der Waals surface area contributed by atoms with Crippen LogP contribution in [0.15, 0.2) is 28.7 Å². The van der Waals surface area contributed by atoms with Crippen LogP contribution in [0.25, 0.3) is 11.5 Å². The van der Waals surface area contributed by atoms with Crippen LogP contribution in [0.5, 0.6) is 0 Å². The molecular weight excluding hydrogens is 378 g/mol. The summed E-state index contributed by atoms with van der Waals surface area (Å²) < 4.78 is 32.7. The molecule has 1 unspecified atom stereocenters. The number of anilines is 1. The SMILES string of the molecule is CC[C@@H](Nc1nnc(-c2ccc(Cl)cc2)o1)C(=O)N1CCC2(C1)CC2(F)F. The summed E-state index contributed by atoms with van der Waals surface area (Å²) >= 11 is 5.86. The summed E-state index contributed by atoms with van der Waals surface area (Å²) in [5, 5.41) is 11.4. The molecule has 2 heterocycles. The van der Waals surface area contributed by atoms with E-state index in [4.69, 9.17) is 16.0 Å². The number of likely N-dealkylation sites (tertiary alicyclic amines) is 1. The zero-order valence-electron chi connectivity index (χ0n) is 14.7. The number of alkyl halides is 2. The van der Waals surface area contributed by atoms with E-state index in [0.29, 0.717) is 35.9 Å². The van der Waals surface area contributed by atoms with Gasteiger partial charge in [-0.25, -0.2) is 8.78 Å². The van der Waals surface area contributed by atoms with E-state index in [0.717, 1.165) is 0 Å². The number of hydrogen-bond acceptors (Lipinski definition) is 5. The molecule has 2 fully saturated rings. The highest BCUT2D eigenvalue weighted by atomic mass is 35.5. The van der Waals surface area contributed by atoms with Gasteiger partial charge in [0.15, 0.2) is 0 Å². The minimum absolute atomic E-state index is 0.108. The number of nitrogens with zero attached hydrogens (tertiary/aromatic N) is 3. The number of halogens is 3. The molecule has 4 rings (SSSR count). The van der Waals surface area contributed by atoms with E-state index in [-0.39, 0.29) is 24.9 Å². The molecule has 0 bridgehead atoms. The molecule has 0 radical (unpaired) electrons. The Morgan fingerprint density at radius 1 is 1.37 bits per heavy atom. The van der Waals surface area contributed by atoms with Gasteiger partial charge in [0.05, 0.1) is 5.41 Å². The number of carbonyl (C=O) groups excluding carboxylic acids is 1. The van der Waals surface area contributed by atoms with Crippen LogP contribution < -0.4 is 5.32 Å². The van der Waals surface area contributed by atoms with E-state index in [1.165, 1.54) is 4.90 Å². The largest absolute Gasteiger partial charge is 0.403 e. The van der Waals surface area contributed by atoms with Gasteiger partial charge >= 0.3 is 6.01 Å². The standard InChI is InChI=1S/C18H19ClF2N4O2/c1-2-13(15(26)25-8-7-17(10-25)9-18(17,20)21)22-16-24-23-14(27-16)11-3-5-12(19)6-4-11/h3-6,13H,2,7-10H2,1H3,(H,22,24)/t13-,17?/m1/s1. The van der Waals surface area contributed by atoms with Crippen molar-refractivity contribution in [1.82, 2.24) is 15.1 Å². The summed E-state index contributed by atoms with van der Waals surface area (Å²) in [5.41, 5.74) is -0.301. The Balaban J connectivity index is 1.42. The summed E-state index contributed by atoms with van der Waals surface area (Å²) in [6, 6.07) is 6.44. The lowest BCUT2D eigenvalue weighted by atomic mass is 10.1. The van der Waals surface area contributed by atoms with E-state index < -0.39 is 17.4 Å². The van der Waals surface area contributed by atoms with Gasteiger partial charge in [-0.3, -0.25) is 4.79 Å². The van der Waals surface area contributed by atoms with Crippen LogP contribution in [0, 0.1) is 5.41 Å². The van der Waals surface area contributed by atoms with Crippen LogP contribution in [0.4, 0.5) is 14.8 Å². The van der Waals surface area contributed by atoms with Crippen molar-refractivity contribution in [2.75, 3.05) is 18.4 Å². The third kappa shape index (κ3) is 3.26. The van der Waals surface area contributed by atoms with Crippen LogP contribution >= 0.6 is 11.6 Å². The second-order valence-corrected chi connectivity index (χ2v) is 7.63. The van der Waals surface area contributed by atoms with Crippen molar-refractivity contribution >= 4 is 23.5 Å². The molecule has 9 heteroatoms. The minimum Gasteiger partial charge on any atom is -0.403 e. The Hall–Kier alpha value is -2.22. The van der Waals surface area contributed by atoms with Crippen LogP contribution in [-0.2, 0) is 4.79 Å². The predicted octanol–water partition coefficient (Wildman–Crippen LogP) is 3.84. The lowest BCUT2D eigenvalue weighted by molar-refractivity contribution is -0.131. The number of hydrogen-bond donors (Lipinski definition) is 1. The average molecular weight is 397 g/mol. The van der Waals surface area contributed by atoms with E-state index in [9.17, 15) is 13.6 Å². The second kappa shape index (κ2) is 6.44. The summed E-state index contributed by atoms with van der Waals surface area (Å²) in [7, 11) is 0. The van der Waals surface area contributed by atoms with Crippen molar-refractivity contribution in [2.45, 2.75) is 38.2 Å². The molecule has 1 aliphatic carbocycles. The number of nitrogens with one attached hydrogen (secondary N) is 1. The fourth-order valence-electron chi connectivity index (χ4n) is 3.58. The van der Waals surface area contributed by atoms with Gasteiger partial charge < -0.3 is 14.6 Å². The molecule has 1 saturated heterocycles. The fraction of sp³-hybridized carbons (Fsp3) is 0.500. The van der Waals surface area contributed by atoms with Gasteiger partial charge in [0.2, 0.25) is 11.8 Å². The molecule has 144 valence electrons. The number of benzene rings is 1. The monoisotopic (exact) mass is 396 g/mol. The molecule has 2 atom stereocenters. The number of rotatable bonds is 5. The Bertz CT molecular complexity index is 857. The second-order valence-electron chi connectivity index (χ2n) is 7.20. The quantitative estimate of drug-likeness (QED) is 0.831. The zero-order chi connectivity index (χ0) is 19.2. The molecule has 1 spiro atoms. The molecule has 2 aliphatic rings. The molecule has 6 nitrogen and oxygen atoms in total. The molecule has 1 aliphatic heterocycles. The Morgan fingerprint density at radius 3 is 2.67 bits per heavy atom. The van der Waals surface area contributed by atoms with Crippen molar-refractivity contribution in [3.63, 3.8) is 0 Å². The average Bonchev–Trinajstić information content (AvgIpc) is 3.05. The van der Waals surface area contributed by atoms with Crippen LogP contribution in [0.2, 0.25) is 5.02 Å². The molecule has 1 aromatic heterocycles. The highest BCUT2D eigenvalue weighted by molar-refractivity contribution is 6.30. The van der Waals surface area contributed by atoms with Gasteiger partial charge in [-0.05, 0) is 37.1 Å². The van der Waals surface area contributed by atoms with Crippen LogP contribution in [0.1, 0.15) is 26.2 Å².